The van der Waals surface area contributed by atoms with Crippen LogP contribution in [0, 0.1) is 5.92 Å². The molecule has 0 saturated heterocycles. The Hall–Kier alpha value is -1.80. The Morgan fingerprint density at radius 1 is 1.30 bits per heavy atom. The highest BCUT2D eigenvalue weighted by Crippen LogP contribution is 2.44. The highest BCUT2D eigenvalue weighted by atomic mass is 19.3. The number of nitrogens with zero attached hydrogens (tertiary/aromatic N) is 2. The molecular formula is C14H17F4N3O2. The van der Waals surface area contributed by atoms with E-state index >= 15 is 0 Å². The number of nitrogens with one attached hydrogen (secondary N) is 1. The third kappa shape index (κ3) is 3.76. The summed E-state index contributed by atoms with van der Waals surface area (Å²) in [5.41, 5.74) is 0.596. The average Bonchev–Trinajstić information content (AvgIpc) is 2.64. The second-order valence-corrected chi connectivity index (χ2v) is 6.40. The number of carbonyl (C=O) groups is 1. The number of hydrogen-bond acceptors (Lipinski definition) is 3. The molecule has 128 valence electrons. The van der Waals surface area contributed by atoms with Crippen molar-refractivity contribution in [2.75, 3.05) is 5.32 Å². The van der Waals surface area contributed by atoms with E-state index in [9.17, 15) is 22.4 Å². The molecule has 5 nitrogen and oxygen atoms in total. The van der Waals surface area contributed by atoms with Gasteiger partial charge in [-0.3, -0.25) is 10.00 Å². The van der Waals surface area contributed by atoms with Crippen LogP contribution in [0.25, 0.3) is 0 Å². The molecule has 2 aliphatic rings. The Kier molecular flexibility index (Phi) is 3.76. The third-order valence-corrected chi connectivity index (χ3v) is 4.16. The van der Waals surface area contributed by atoms with Crippen molar-refractivity contribution in [3.05, 3.63) is 11.8 Å². The highest BCUT2D eigenvalue weighted by Gasteiger charge is 2.48. The molecule has 0 spiro atoms. The van der Waals surface area contributed by atoms with Gasteiger partial charge in [-0.05, 0) is 12.3 Å². The lowest BCUT2D eigenvalue weighted by Gasteiger charge is -2.34. The zero-order valence-electron chi connectivity index (χ0n) is 12.5. The molecule has 1 N–H and O–H groups in total. The molecule has 0 unspecified atom stereocenters. The third-order valence-electron chi connectivity index (χ3n) is 4.16. The predicted octanol–water partition coefficient (Wildman–Crippen LogP) is 3.35. The molecule has 1 heterocycles. The maximum absolute atomic E-state index is 12.8. The van der Waals surface area contributed by atoms with Crippen molar-refractivity contribution in [1.29, 1.82) is 0 Å². The lowest BCUT2D eigenvalue weighted by molar-refractivity contribution is -0.142. The van der Waals surface area contributed by atoms with Crippen LogP contribution in [0.3, 0.4) is 0 Å². The van der Waals surface area contributed by atoms with Gasteiger partial charge in [0.15, 0.2) is 0 Å². The zero-order valence-corrected chi connectivity index (χ0v) is 12.5. The summed E-state index contributed by atoms with van der Waals surface area (Å²) in [6.45, 7) is 0. The maximum Gasteiger partial charge on any atom is 0.413 e. The number of aryl methyl sites for hydroxylation is 1. The molecule has 1 aromatic heterocycles. The summed E-state index contributed by atoms with van der Waals surface area (Å²) in [5, 5.41) is 6.58. The first-order chi connectivity index (χ1) is 10.6. The summed E-state index contributed by atoms with van der Waals surface area (Å²) in [4.78, 5) is 11.6. The lowest BCUT2D eigenvalue weighted by atomic mass is 9.78. The number of carbonyl (C=O) groups excluding carboxylic acids is 1. The van der Waals surface area contributed by atoms with E-state index in [1.807, 2.05) is 0 Å². The Balaban J connectivity index is 1.49. The molecule has 3 rings (SSSR count). The molecule has 1 amide bonds. The van der Waals surface area contributed by atoms with Gasteiger partial charge in [0.25, 0.3) is 5.92 Å². The number of halogens is 4. The lowest BCUT2D eigenvalue weighted by Crippen LogP contribution is -2.43. The molecule has 0 radical (unpaired) electrons. The fourth-order valence-corrected chi connectivity index (χ4v) is 2.94. The molecule has 2 saturated carbocycles. The molecular weight excluding hydrogens is 318 g/mol. The van der Waals surface area contributed by atoms with Crippen LogP contribution in [0.15, 0.2) is 6.07 Å². The smallest absolute Gasteiger partial charge is 0.413 e. The fourth-order valence-electron chi connectivity index (χ4n) is 2.94. The first kappa shape index (κ1) is 16.1. The number of rotatable bonds is 4. The number of aromatic nitrogens is 2. The van der Waals surface area contributed by atoms with Crippen LogP contribution in [-0.2, 0) is 18.2 Å². The minimum atomic E-state index is -2.75. The van der Waals surface area contributed by atoms with Crippen molar-refractivity contribution in [2.45, 2.75) is 50.1 Å². The number of alkyl halides is 4. The molecule has 0 aromatic carbocycles. The van der Waals surface area contributed by atoms with Gasteiger partial charge < -0.3 is 4.74 Å². The Bertz CT molecular complexity index is 601. The van der Waals surface area contributed by atoms with Crippen molar-refractivity contribution in [1.82, 2.24) is 9.78 Å². The first-order valence-corrected chi connectivity index (χ1v) is 7.38. The largest absolute Gasteiger partial charge is 0.445 e. The van der Waals surface area contributed by atoms with Crippen LogP contribution in [0.5, 0.6) is 0 Å². The van der Waals surface area contributed by atoms with Crippen LogP contribution >= 0.6 is 0 Å². The SMILES string of the molecule is Cn1nc(CC2CC(F)(F)C2)cc1NC(=O)OC1CC(F)(F)C1. The van der Waals surface area contributed by atoms with Gasteiger partial charge in [0.2, 0.25) is 5.92 Å². The highest BCUT2D eigenvalue weighted by molar-refractivity contribution is 5.83. The first-order valence-electron chi connectivity index (χ1n) is 7.38. The van der Waals surface area contributed by atoms with Crippen LogP contribution in [0.1, 0.15) is 31.4 Å². The average molecular weight is 335 g/mol. The normalized spacial score (nSPS) is 23.0. The van der Waals surface area contributed by atoms with Crippen molar-refractivity contribution < 1.29 is 27.1 Å². The monoisotopic (exact) mass is 335 g/mol. The summed E-state index contributed by atoms with van der Waals surface area (Å²) in [6.07, 6.45) is -2.42. The topological polar surface area (TPSA) is 56.2 Å². The summed E-state index contributed by atoms with van der Waals surface area (Å²) in [6, 6.07) is 1.58. The number of anilines is 1. The Morgan fingerprint density at radius 3 is 2.48 bits per heavy atom. The minimum Gasteiger partial charge on any atom is -0.445 e. The van der Waals surface area contributed by atoms with Gasteiger partial charge >= 0.3 is 6.09 Å². The van der Waals surface area contributed by atoms with Crippen LogP contribution in [0.2, 0.25) is 0 Å². The van der Waals surface area contributed by atoms with E-state index in [4.69, 9.17) is 4.74 Å². The van der Waals surface area contributed by atoms with Crippen LogP contribution in [-0.4, -0.2) is 33.8 Å². The van der Waals surface area contributed by atoms with Crippen molar-refractivity contribution in [3.8, 4) is 0 Å². The van der Waals surface area contributed by atoms with E-state index in [1.54, 1.807) is 13.1 Å². The number of ether oxygens (including phenoxy) is 1. The summed E-state index contributed by atoms with van der Waals surface area (Å²) < 4.78 is 57.2. The Morgan fingerprint density at radius 2 is 1.91 bits per heavy atom. The van der Waals surface area contributed by atoms with E-state index in [-0.39, 0.29) is 18.8 Å². The molecule has 2 fully saturated rings. The number of hydrogen-bond donors (Lipinski definition) is 1. The minimum absolute atomic E-state index is 0.114. The van der Waals surface area contributed by atoms with Gasteiger partial charge in [-0.2, -0.15) is 5.10 Å². The van der Waals surface area contributed by atoms with Crippen molar-refractivity contribution in [3.63, 3.8) is 0 Å². The van der Waals surface area contributed by atoms with Crippen molar-refractivity contribution in [2.24, 2.45) is 13.0 Å². The second-order valence-electron chi connectivity index (χ2n) is 6.40. The van der Waals surface area contributed by atoms with E-state index in [1.165, 1.54) is 4.68 Å². The van der Waals surface area contributed by atoms with Gasteiger partial charge in [-0.15, -0.1) is 0 Å². The molecule has 9 heteroatoms. The van der Waals surface area contributed by atoms with Gasteiger partial charge in [0.05, 0.1) is 5.69 Å². The quantitative estimate of drug-likeness (QED) is 0.859. The van der Waals surface area contributed by atoms with Crippen molar-refractivity contribution >= 4 is 11.9 Å². The summed E-state index contributed by atoms with van der Waals surface area (Å²) in [7, 11) is 1.59. The summed E-state index contributed by atoms with van der Waals surface area (Å²) in [5.74, 6) is -5.11. The van der Waals surface area contributed by atoms with Gasteiger partial charge in [0.1, 0.15) is 11.9 Å². The maximum atomic E-state index is 12.8. The van der Waals surface area contributed by atoms with E-state index < -0.39 is 36.9 Å². The van der Waals surface area contributed by atoms with Crippen LogP contribution < -0.4 is 5.32 Å². The van der Waals surface area contributed by atoms with Crippen LogP contribution in [0.4, 0.5) is 28.2 Å². The van der Waals surface area contributed by atoms with Gasteiger partial charge in [0, 0.05) is 38.8 Å². The van der Waals surface area contributed by atoms with E-state index in [0.29, 0.717) is 17.9 Å². The number of amides is 1. The molecule has 0 atom stereocenters. The molecule has 0 bridgehead atoms. The molecule has 1 aromatic rings. The molecule has 2 aliphatic carbocycles. The molecule has 0 aliphatic heterocycles. The predicted molar refractivity (Wildman–Crippen MR) is 72.7 cm³/mol. The Labute approximate surface area is 130 Å². The molecule has 23 heavy (non-hydrogen) atoms. The van der Waals surface area contributed by atoms with Gasteiger partial charge in [-0.25, -0.2) is 22.4 Å². The summed E-state index contributed by atoms with van der Waals surface area (Å²) >= 11 is 0. The standard InChI is InChI=1S/C14H17F4N3O2/c1-21-11(19-12(22)23-10-6-14(17,18)7-10)3-9(20-21)2-8-4-13(15,16)5-8/h3,8,10H,2,4-7H2,1H3,(H,19,22). The van der Waals surface area contributed by atoms with E-state index in [0.717, 1.165) is 0 Å². The fraction of sp³-hybridized carbons (Fsp3) is 0.714. The zero-order chi connectivity index (χ0) is 16.8. The second kappa shape index (κ2) is 5.38. The van der Waals surface area contributed by atoms with E-state index in [2.05, 4.69) is 10.4 Å². The van der Waals surface area contributed by atoms with Gasteiger partial charge in [-0.1, -0.05) is 0 Å².